The van der Waals surface area contributed by atoms with E-state index in [4.69, 9.17) is 4.74 Å². The largest absolute Gasteiger partial charge is 0.466 e. The molecule has 1 rings (SSSR count). The molecule has 0 radical (unpaired) electrons. The van der Waals surface area contributed by atoms with Crippen LogP contribution >= 0.6 is 0 Å². The van der Waals surface area contributed by atoms with E-state index in [1.54, 1.807) is 39.0 Å². The molecular weight excluding hydrogens is 348 g/mol. The topological polar surface area (TPSA) is 26.3 Å². The predicted molar refractivity (Wildman–Crippen MR) is 94.1 cm³/mol. The molecule has 2 nitrogen and oxygen atoms in total. The molecule has 0 aliphatic rings. The van der Waals surface area contributed by atoms with E-state index in [1.165, 1.54) is 0 Å². The molecule has 6 heteroatoms. The summed E-state index contributed by atoms with van der Waals surface area (Å²) in [6.45, 7) is 8.31. The molecule has 0 bridgehead atoms. The molecule has 0 atom stereocenters. The van der Waals surface area contributed by atoms with Crippen molar-refractivity contribution < 1.29 is 27.1 Å². The van der Waals surface area contributed by atoms with Gasteiger partial charge in [-0.2, -0.15) is 13.2 Å². The van der Waals surface area contributed by atoms with Gasteiger partial charge in [-0.15, -0.1) is 0 Å². The number of hydrogen-bond donors (Lipinski definition) is 0. The van der Waals surface area contributed by atoms with Gasteiger partial charge in [-0.1, -0.05) is 24.8 Å². The van der Waals surface area contributed by atoms with Gasteiger partial charge in [-0.3, -0.25) is 4.79 Å². The van der Waals surface area contributed by atoms with Gasteiger partial charge < -0.3 is 4.74 Å². The number of aryl methyl sites for hydroxylation is 2. The van der Waals surface area contributed by atoms with Crippen molar-refractivity contribution >= 4 is 11.5 Å². The Balaban J connectivity index is 3.25. The summed E-state index contributed by atoms with van der Waals surface area (Å²) in [5.74, 6) is -1.27. The lowest BCUT2D eigenvalue weighted by atomic mass is 9.93. The first kappa shape index (κ1) is 21.7. The van der Waals surface area contributed by atoms with E-state index in [0.29, 0.717) is 16.7 Å². The van der Waals surface area contributed by atoms with Crippen LogP contribution in [0.2, 0.25) is 0 Å². The van der Waals surface area contributed by atoms with Gasteiger partial charge in [-0.25, -0.2) is 4.39 Å². The van der Waals surface area contributed by atoms with Gasteiger partial charge in [0.1, 0.15) is 5.83 Å². The maximum atomic E-state index is 14.3. The lowest BCUT2D eigenvalue weighted by molar-refractivity contribution is -0.143. The molecule has 0 unspecified atom stereocenters. The first-order valence-corrected chi connectivity index (χ1v) is 8.12. The maximum absolute atomic E-state index is 14.3. The fraction of sp³-hybridized carbons (Fsp3) is 0.350. The smallest absolute Gasteiger partial charge is 0.415 e. The van der Waals surface area contributed by atoms with Crippen LogP contribution in [-0.4, -0.2) is 18.8 Å². The van der Waals surface area contributed by atoms with Crippen molar-refractivity contribution in [2.24, 2.45) is 0 Å². The molecule has 0 aliphatic heterocycles. The van der Waals surface area contributed by atoms with E-state index < -0.39 is 23.5 Å². The van der Waals surface area contributed by atoms with E-state index in [0.717, 1.165) is 12.2 Å². The summed E-state index contributed by atoms with van der Waals surface area (Å²) in [4.78, 5) is 11.3. The van der Waals surface area contributed by atoms with Crippen molar-refractivity contribution in [1.82, 2.24) is 0 Å². The van der Waals surface area contributed by atoms with Crippen molar-refractivity contribution in [3.8, 4) is 0 Å². The number of ether oxygens (including phenoxy) is 1. The van der Waals surface area contributed by atoms with E-state index in [1.807, 2.05) is 0 Å². The minimum atomic E-state index is -4.61. The lowest BCUT2D eigenvalue weighted by Crippen LogP contribution is -2.09. The third-order valence-corrected chi connectivity index (χ3v) is 3.65. The monoisotopic (exact) mass is 370 g/mol. The average molecular weight is 370 g/mol. The molecule has 0 N–H and O–H groups in total. The van der Waals surface area contributed by atoms with Crippen LogP contribution in [-0.2, 0) is 9.53 Å². The number of halogens is 4. The van der Waals surface area contributed by atoms with Gasteiger partial charge in [0.15, 0.2) is 0 Å². The Hall–Kier alpha value is -2.37. The molecule has 142 valence electrons. The van der Waals surface area contributed by atoms with Crippen molar-refractivity contribution in [3.63, 3.8) is 0 Å². The van der Waals surface area contributed by atoms with Gasteiger partial charge in [-0.05, 0) is 55.2 Å². The second kappa shape index (κ2) is 9.36. The van der Waals surface area contributed by atoms with E-state index in [2.05, 4.69) is 6.58 Å². The number of rotatable bonds is 7. The first-order valence-electron chi connectivity index (χ1n) is 8.12. The highest BCUT2D eigenvalue weighted by atomic mass is 19.4. The van der Waals surface area contributed by atoms with Crippen LogP contribution in [0, 0.1) is 13.8 Å². The molecule has 0 saturated heterocycles. The molecule has 0 heterocycles. The molecule has 0 saturated carbocycles. The second-order valence-electron chi connectivity index (χ2n) is 5.79. The van der Waals surface area contributed by atoms with E-state index in [9.17, 15) is 22.4 Å². The summed E-state index contributed by atoms with van der Waals surface area (Å²) in [7, 11) is 0. The van der Waals surface area contributed by atoms with Gasteiger partial charge in [0.2, 0.25) is 0 Å². The summed E-state index contributed by atoms with van der Waals surface area (Å²) in [6.07, 6.45) is -3.21. The van der Waals surface area contributed by atoms with Crippen LogP contribution < -0.4 is 0 Å². The molecule has 1 aromatic rings. The highest BCUT2D eigenvalue weighted by Gasteiger charge is 2.30. The molecule has 1 aromatic carbocycles. The summed E-state index contributed by atoms with van der Waals surface area (Å²) in [5.41, 5.74) is 0.902. The Bertz CT molecular complexity index is 708. The number of carbonyl (C=O) groups is 1. The molecule has 26 heavy (non-hydrogen) atoms. The van der Waals surface area contributed by atoms with Crippen molar-refractivity contribution in [3.05, 3.63) is 65.0 Å². The van der Waals surface area contributed by atoms with Crippen molar-refractivity contribution in [2.75, 3.05) is 6.61 Å². The number of benzene rings is 1. The third kappa shape index (κ3) is 6.50. The lowest BCUT2D eigenvalue weighted by Gasteiger charge is -2.13. The zero-order valence-electron chi connectivity index (χ0n) is 15.0. The quantitative estimate of drug-likeness (QED) is 0.334. The fourth-order valence-corrected chi connectivity index (χ4v) is 2.42. The standard InChI is InChI=1S/C20H22F4O2/c1-5-26-18(25)10-9-17(21)12-16(11-15(4)20(22,23)24)19-13(2)7-6-8-14(19)3/h6-8,11-12H,4-5,9-10H2,1-3H3/b16-11+,17-12-. The molecule has 0 fully saturated rings. The SMILES string of the molecule is C=C(/C=C(\C=C(/F)CCC(=O)OCC)c1c(C)cccc1C)C(F)(F)F. The Labute approximate surface area is 150 Å². The number of allylic oxidation sites excluding steroid dienone is 5. The van der Waals surface area contributed by atoms with Gasteiger partial charge in [0.05, 0.1) is 13.0 Å². The molecule has 0 spiro atoms. The molecule has 0 aromatic heterocycles. The second-order valence-corrected chi connectivity index (χ2v) is 5.79. The van der Waals surface area contributed by atoms with E-state index in [-0.39, 0.29) is 25.0 Å². The highest BCUT2D eigenvalue weighted by molar-refractivity contribution is 5.80. The maximum Gasteiger partial charge on any atom is 0.415 e. The summed E-state index contributed by atoms with van der Waals surface area (Å²) >= 11 is 0. The molecule has 0 amide bonds. The van der Waals surface area contributed by atoms with Crippen molar-refractivity contribution in [1.29, 1.82) is 0 Å². The van der Waals surface area contributed by atoms with Crippen molar-refractivity contribution in [2.45, 2.75) is 39.8 Å². The Kier molecular flexibility index (Phi) is 7.80. The van der Waals surface area contributed by atoms with Gasteiger partial charge >= 0.3 is 12.1 Å². The van der Waals surface area contributed by atoms with Crippen LogP contribution in [0.25, 0.3) is 5.57 Å². The Morgan fingerprint density at radius 3 is 2.23 bits per heavy atom. The Morgan fingerprint density at radius 1 is 1.15 bits per heavy atom. The summed E-state index contributed by atoms with van der Waals surface area (Å²) in [6, 6.07) is 5.24. The van der Waals surface area contributed by atoms with Gasteiger partial charge in [0, 0.05) is 12.0 Å². The highest BCUT2D eigenvalue weighted by Crippen LogP contribution is 2.32. The number of hydrogen-bond acceptors (Lipinski definition) is 2. The van der Waals surface area contributed by atoms with Crippen LogP contribution in [0.5, 0.6) is 0 Å². The van der Waals surface area contributed by atoms with Crippen LogP contribution in [0.4, 0.5) is 17.6 Å². The average Bonchev–Trinajstić information content (AvgIpc) is 2.52. The minimum Gasteiger partial charge on any atom is -0.466 e. The Morgan fingerprint density at radius 2 is 1.73 bits per heavy atom. The number of alkyl halides is 3. The number of carbonyl (C=O) groups excluding carboxylic acids is 1. The zero-order chi connectivity index (χ0) is 19.9. The predicted octanol–water partition coefficient (Wildman–Crippen LogP) is 6.00. The zero-order valence-corrected chi connectivity index (χ0v) is 15.0. The van der Waals surface area contributed by atoms with Gasteiger partial charge in [0.25, 0.3) is 0 Å². The molecule has 0 aliphatic carbocycles. The normalized spacial score (nSPS) is 12.9. The number of esters is 1. The third-order valence-electron chi connectivity index (χ3n) is 3.65. The van der Waals surface area contributed by atoms with Crippen LogP contribution in [0.3, 0.4) is 0 Å². The van der Waals surface area contributed by atoms with E-state index >= 15 is 0 Å². The minimum absolute atomic E-state index is 0.0595. The summed E-state index contributed by atoms with van der Waals surface area (Å²) in [5, 5.41) is 0. The summed E-state index contributed by atoms with van der Waals surface area (Å²) < 4.78 is 57.6. The first-order chi connectivity index (χ1) is 12.1. The fourth-order valence-electron chi connectivity index (χ4n) is 2.42. The molecular formula is C20H22F4O2. The van der Waals surface area contributed by atoms with Crippen LogP contribution in [0.15, 0.2) is 48.3 Å². The van der Waals surface area contributed by atoms with Crippen LogP contribution in [0.1, 0.15) is 36.5 Å².